The van der Waals surface area contributed by atoms with Crippen LogP contribution >= 0.6 is 23.7 Å². The van der Waals surface area contributed by atoms with E-state index in [9.17, 15) is 4.79 Å². The van der Waals surface area contributed by atoms with Crippen LogP contribution in [0.25, 0.3) is 10.6 Å². The quantitative estimate of drug-likeness (QED) is 0.763. The highest BCUT2D eigenvalue weighted by molar-refractivity contribution is 7.15. The van der Waals surface area contributed by atoms with Crippen molar-refractivity contribution in [1.82, 2.24) is 10.3 Å². The Labute approximate surface area is 169 Å². The lowest BCUT2D eigenvalue weighted by Crippen LogP contribution is -2.45. The summed E-state index contributed by atoms with van der Waals surface area (Å²) in [6.07, 6.45) is 4.07. The first-order valence-electron chi connectivity index (χ1n) is 8.76. The van der Waals surface area contributed by atoms with Gasteiger partial charge in [-0.2, -0.15) is 0 Å². The highest BCUT2D eigenvalue weighted by atomic mass is 35.5. The first kappa shape index (κ1) is 21.6. The summed E-state index contributed by atoms with van der Waals surface area (Å²) in [5.74, 6) is 0.814. The number of aromatic nitrogens is 1. The number of nitrogens with one attached hydrogen (secondary N) is 1. The van der Waals surface area contributed by atoms with Gasteiger partial charge in [-0.25, -0.2) is 4.98 Å². The van der Waals surface area contributed by atoms with Gasteiger partial charge in [0.25, 0.3) is 0 Å². The third kappa shape index (κ3) is 5.19. The van der Waals surface area contributed by atoms with E-state index in [0.29, 0.717) is 13.0 Å². The third-order valence-electron chi connectivity index (χ3n) is 4.84. The molecule has 1 fully saturated rings. The summed E-state index contributed by atoms with van der Waals surface area (Å²) in [4.78, 5) is 18.0. The lowest BCUT2D eigenvalue weighted by atomic mass is 9.83. The summed E-state index contributed by atoms with van der Waals surface area (Å²) < 4.78 is 10.8. The highest BCUT2D eigenvalue weighted by Gasteiger charge is 2.32. The predicted molar refractivity (Wildman–Crippen MR) is 109 cm³/mol. The van der Waals surface area contributed by atoms with Crippen molar-refractivity contribution in [3.8, 4) is 16.3 Å². The lowest BCUT2D eigenvalue weighted by molar-refractivity contribution is -0.128. The van der Waals surface area contributed by atoms with Gasteiger partial charge < -0.3 is 20.5 Å². The van der Waals surface area contributed by atoms with Crippen LogP contribution in [0.3, 0.4) is 0 Å². The number of halogens is 1. The fourth-order valence-corrected chi connectivity index (χ4v) is 4.20. The monoisotopic (exact) mass is 411 g/mol. The van der Waals surface area contributed by atoms with Crippen molar-refractivity contribution in [2.45, 2.75) is 38.0 Å². The molecule has 27 heavy (non-hydrogen) atoms. The Bertz CT molecular complexity index is 755. The maximum atomic E-state index is 12.5. The summed E-state index contributed by atoms with van der Waals surface area (Å²) in [6, 6.07) is 7.81. The summed E-state index contributed by atoms with van der Waals surface area (Å²) in [5.41, 5.74) is 6.99. The number of hydrogen-bond donors (Lipinski definition) is 2. The highest BCUT2D eigenvalue weighted by Crippen LogP contribution is 2.32. The predicted octanol–water partition coefficient (Wildman–Crippen LogP) is 3.00. The van der Waals surface area contributed by atoms with Crippen molar-refractivity contribution >= 4 is 29.7 Å². The molecule has 8 heteroatoms. The number of hydrogen-bond acceptors (Lipinski definition) is 6. The van der Waals surface area contributed by atoms with Gasteiger partial charge in [0.15, 0.2) is 0 Å². The number of carbonyl (C=O) groups is 1. The molecule has 1 aliphatic rings. The minimum absolute atomic E-state index is 0. The second-order valence-electron chi connectivity index (χ2n) is 6.50. The lowest BCUT2D eigenvalue weighted by Gasteiger charge is -2.32. The molecule has 0 unspecified atom stereocenters. The summed E-state index contributed by atoms with van der Waals surface area (Å²) in [7, 11) is 3.30. The second kappa shape index (κ2) is 10.0. The maximum absolute atomic E-state index is 12.5. The van der Waals surface area contributed by atoms with Crippen LogP contribution in [0.5, 0.6) is 5.75 Å². The number of ether oxygens (including phenoxy) is 2. The van der Waals surface area contributed by atoms with E-state index in [-0.39, 0.29) is 36.4 Å². The minimum atomic E-state index is -0.0416. The van der Waals surface area contributed by atoms with Gasteiger partial charge in [-0.1, -0.05) is 12.1 Å². The summed E-state index contributed by atoms with van der Waals surface area (Å²) in [6.45, 7) is 0.478. The number of nitrogens with zero attached hydrogens (tertiary/aromatic N) is 1. The molecule has 0 radical (unpaired) electrons. The van der Waals surface area contributed by atoms with E-state index < -0.39 is 0 Å². The van der Waals surface area contributed by atoms with Crippen LogP contribution in [-0.4, -0.2) is 37.3 Å². The third-order valence-corrected chi connectivity index (χ3v) is 5.87. The van der Waals surface area contributed by atoms with Gasteiger partial charge in [-0.15, -0.1) is 23.7 Å². The number of nitrogens with two attached hydrogens (primary N) is 1. The van der Waals surface area contributed by atoms with E-state index in [2.05, 4.69) is 10.3 Å². The zero-order valence-corrected chi connectivity index (χ0v) is 17.1. The summed E-state index contributed by atoms with van der Waals surface area (Å²) >= 11 is 1.56. The molecule has 6 nitrogen and oxygen atoms in total. The largest absolute Gasteiger partial charge is 0.496 e. The van der Waals surface area contributed by atoms with Gasteiger partial charge in [0.05, 0.1) is 25.3 Å². The van der Waals surface area contributed by atoms with Crippen molar-refractivity contribution in [2.24, 2.45) is 11.7 Å². The fourth-order valence-electron chi connectivity index (χ4n) is 3.32. The smallest absolute Gasteiger partial charge is 0.223 e. The second-order valence-corrected chi connectivity index (χ2v) is 7.61. The molecule has 1 aromatic heterocycles. The first-order chi connectivity index (χ1) is 12.6. The number of thiazole rings is 1. The van der Waals surface area contributed by atoms with Crippen LogP contribution in [0.4, 0.5) is 0 Å². The number of benzene rings is 1. The number of para-hydroxylation sites is 1. The molecule has 0 aliphatic heterocycles. The van der Waals surface area contributed by atoms with Gasteiger partial charge in [0.1, 0.15) is 10.8 Å². The number of rotatable bonds is 6. The van der Waals surface area contributed by atoms with Gasteiger partial charge in [-0.3, -0.25) is 4.79 Å². The zero-order valence-electron chi connectivity index (χ0n) is 15.5. The van der Waals surface area contributed by atoms with Crippen LogP contribution in [0.15, 0.2) is 30.5 Å². The van der Waals surface area contributed by atoms with E-state index in [1.807, 2.05) is 30.5 Å². The standard InChI is InChI=1S/C19H25N3O3S.ClH/c1-24-16-6-4-3-5-14(16)19-22-11-13(26-19)10-21-18(23)12-7-8-15(20)17(9-12)25-2;/h3-6,11-12,15,17H,7-10,20H2,1-2H3,(H,21,23);1H/t12-,15-,17-;/m0./s1. The zero-order chi connectivity index (χ0) is 18.5. The molecule has 3 rings (SSSR count). The van der Waals surface area contributed by atoms with Crippen LogP contribution in [-0.2, 0) is 16.1 Å². The molecule has 2 aromatic rings. The Morgan fingerprint density at radius 2 is 2.11 bits per heavy atom. The minimum Gasteiger partial charge on any atom is -0.496 e. The first-order valence-corrected chi connectivity index (χ1v) is 9.58. The molecule has 1 amide bonds. The molecule has 1 aromatic carbocycles. The van der Waals surface area contributed by atoms with E-state index in [4.69, 9.17) is 15.2 Å². The normalized spacial score (nSPS) is 22.0. The summed E-state index contributed by atoms with van der Waals surface area (Å²) in [5, 5.41) is 3.91. The van der Waals surface area contributed by atoms with Crippen molar-refractivity contribution in [1.29, 1.82) is 0 Å². The Morgan fingerprint density at radius 3 is 2.85 bits per heavy atom. The molecular weight excluding hydrogens is 386 g/mol. The van der Waals surface area contributed by atoms with E-state index >= 15 is 0 Å². The molecule has 148 valence electrons. The fraction of sp³-hybridized carbons (Fsp3) is 0.474. The average molecular weight is 412 g/mol. The average Bonchev–Trinajstić information content (AvgIpc) is 3.15. The van der Waals surface area contributed by atoms with Gasteiger partial charge in [0.2, 0.25) is 5.91 Å². The van der Waals surface area contributed by atoms with E-state index in [0.717, 1.165) is 34.0 Å². The Hall–Kier alpha value is -1.67. The molecular formula is C19H26ClN3O3S. The molecule has 0 saturated heterocycles. The van der Waals surface area contributed by atoms with Gasteiger partial charge >= 0.3 is 0 Å². The number of methoxy groups -OCH3 is 2. The topological polar surface area (TPSA) is 86.5 Å². The molecule has 0 spiro atoms. The number of carbonyl (C=O) groups excluding carboxylic acids is 1. The SMILES string of the molecule is COc1ccccc1-c1ncc(CNC(=O)[C@H]2CC[C@H](N)[C@@H](OC)C2)s1.Cl. The molecule has 3 atom stereocenters. The van der Waals surface area contributed by atoms with Crippen LogP contribution in [0, 0.1) is 5.92 Å². The molecule has 1 heterocycles. The van der Waals surface area contributed by atoms with Crippen LogP contribution < -0.4 is 15.8 Å². The Balaban J connectivity index is 0.00000261. The molecule has 0 bridgehead atoms. The maximum Gasteiger partial charge on any atom is 0.223 e. The molecule has 1 aliphatic carbocycles. The van der Waals surface area contributed by atoms with E-state index in [1.165, 1.54) is 0 Å². The van der Waals surface area contributed by atoms with Crippen LogP contribution in [0.2, 0.25) is 0 Å². The van der Waals surface area contributed by atoms with Crippen molar-refractivity contribution < 1.29 is 14.3 Å². The van der Waals surface area contributed by atoms with Crippen molar-refractivity contribution in [3.63, 3.8) is 0 Å². The van der Waals surface area contributed by atoms with Crippen molar-refractivity contribution in [3.05, 3.63) is 35.3 Å². The Morgan fingerprint density at radius 1 is 1.33 bits per heavy atom. The molecule has 1 saturated carbocycles. The van der Waals surface area contributed by atoms with Gasteiger partial charge in [0, 0.05) is 30.1 Å². The van der Waals surface area contributed by atoms with E-state index in [1.54, 1.807) is 25.6 Å². The number of amides is 1. The van der Waals surface area contributed by atoms with Crippen LogP contribution in [0.1, 0.15) is 24.1 Å². The van der Waals surface area contributed by atoms with Gasteiger partial charge in [-0.05, 0) is 31.4 Å². The van der Waals surface area contributed by atoms with Crippen molar-refractivity contribution in [2.75, 3.05) is 14.2 Å². The Kier molecular flexibility index (Phi) is 8.04. The molecule has 3 N–H and O–H groups in total.